The Morgan fingerprint density at radius 2 is 0.923 bits per heavy atom. The maximum Gasteiger partial charge on any atom is 0.303 e. The number of hydrogen-bond acceptors (Lipinski definition) is 1. The van der Waals surface area contributed by atoms with Gasteiger partial charge in [0.1, 0.15) is 0 Å². The van der Waals surface area contributed by atoms with Crippen LogP contribution in [0, 0.1) is 0 Å². The van der Waals surface area contributed by atoms with Crippen molar-refractivity contribution in [3.8, 4) is 0 Å². The third kappa shape index (κ3) is 22.9. The molecule has 0 fully saturated rings. The van der Waals surface area contributed by atoms with Gasteiger partial charge in [0.2, 0.25) is 0 Å². The molecule has 0 radical (unpaired) electrons. The summed E-state index contributed by atoms with van der Waals surface area (Å²) in [6.45, 7) is 2.26. The second-order valence-electron chi connectivity index (χ2n) is 7.48. The van der Waals surface area contributed by atoms with E-state index < -0.39 is 5.97 Å². The van der Waals surface area contributed by atoms with Crippen molar-refractivity contribution in [3.05, 3.63) is 24.3 Å². The van der Waals surface area contributed by atoms with Crippen molar-refractivity contribution in [3.63, 3.8) is 0 Å². The van der Waals surface area contributed by atoms with Crippen LogP contribution in [0.3, 0.4) is 0 Å². The van der Waals surface area contributed by atoms with E-state index in [1.54, 1.807) is 0 Å². The van der Waals surface area contributed by atoms with Crippen LogP contribution in [0.2, 0.25) is 0 Å². The first-order valence-corrected chi connectivity index (χ1v) is 11.3. The first-order chi connectivity index (χ1) is 12.8. The molecule has 0 aromatic heterocycles. The highest BCUT2D eigenvalue weighted by atomic mass is 16.4. The molecule has 0 amide bonds. The second kappa shape index (κ2) is 22.0. The molecule has 0 aromatic carbocycles. The fourth-order valence-corrected chi connectivity index (χ4v) is 3.12. The normalized spacial score (nSPS) is 11.7. The first kappa shape index (κ1) is 24.9. The average Bonchev–Trinajstić information content (AvgIpc) is 2.62. The van der Waals surface area contributed by atoms with Crippen LogP contribution in [0.4, 0.5) is 0 Å². The van der Waals surface area contributed by atoms with Crippen LogP contribution in [0.15, 0.2) is 24.3 Å². The van der Waals surface area contributed by atoms with E-state index in [0.717, 1.165) is 19.3 Å². The van der Waals surface area contributed by atoms with E-state index in [1.165, 1.54) is 89.9 Å². The van der Waals surface area contributed by atoms with Crippen LogP contribution in [-0.4, -0.2) is 11.1 Å². The summed E-state index contributed by atoms with van der Waals surface area (Å²) >= 11 is 0. The molecule has 0 aliphatic carbocycles. The molecule has 26 heavy (non-hydrogen) atoms. The third-order valence-corrected chi connectivity index (χ3v) is 4.81. The van der Waals surface area contributed by atoms with Crippen molar-refractivity contribution < 1.29 is 9.90 Å². The lowest BCUT2D eigenvalue weighted by molar-refractivity contribution is -0.137. The monoisotopic (exact) mass is 364 g/mol. The summed E-state index contributed by atoms with van der Waals surface area (Å²) in [7, 11) is 0. The van der Waals surface area contributed by atoms with Crippen molar-refractivity contribution in [2.75, 3.05) is 0 Å². The van der Waals surface area contributed by atoms with E-state index >= 15 is 0 Å². The summed E-state index contributed by atoms with van der Waals surface area (Å²) in [6, 6.07) is 0. The number of carboxylic acids is 1. The summed E-state index contributed by atoms with van der Waals surface area (Å²) in [5, 5.41) is 8.55. The van der Waals surface area contributed by atoms with Crippen LogP contribution in [0.25, 0.3) is 0 Å². The lowest BCUT2D eigenvalue weighted by Gasteiger charge is -2.01. The van der Waals surface area contributed by atoms with Gasteiger partial charge in [0.15, 0.2) is 0 Å². The van der Waals surface area contributed by atoms with Crippen LogP contribution in [0.1, 0.15) is 122 Å². The molecule has 2 heteroatoms. The fraction of sp³-hybridized carbons (Fsp3) is 0.792. The van der Waals surface area contributed by atoms with Crippen molar-refractivity contribution in [2.24, 2.45) is 0 Å². The number of aliphatic carboxylic acids is 1. The minimum Gasteiger partial charge on any atom is -0.481 e. The summed E-state index contributed by atoms with van der Waals surface area (Å²) in [5.41, 5.74) is 0. The molecule has 0 unspecified atom stereocenters. The third-order valence-electron chi connectivity index (χ3n) is 4.81. The molecule has 0 saturated heterocycles. The second-order valence-corrected chi connectivity index (χ2v) is 7.48. The van der Waals surface area contributed by atoms with E-state index in [-0.39, 0.29) is 0 Å². The Bertz CT molecular complexity index is 344. The molecular formula is C24H44O2. The fourth-order valence-electron chi connectivity index (χ4n) is 3.12. The summed E-state index contributed by atoms with van der Waals surface area (Å²) in [4.78, 5) is 10.4. The molecule has 2 nitrogen and oxygen atoms in total. The number of carbonyl (C=O) groups is 1. The molecule has 1 N–H and O–H groups in total. The predicted octanol–water partition coefficient (Wildman–Crippen LogP) is 8.23. The van der Waals surface area contributed by atoms with Crippen LogP contribution in [-0.2, 0) is 4.79 Å². The van der Waals surface area contributed by atoms with Gasteiger partial charge in [-0.1, -0.05) is 89.0 Å². The van der Waals surface area contributed by atoms with Gasteiger partial charge in [0.05, 0.1) is 0 Å². The van der Waals surface area contributed by atoms with Crippen molar-refractivity contribution >= 4 is 5.97 Å². The van der Waals surface area contributed by atoms with Crippen molar-refractivity contribution in [2.45, 2.75) is 122 Å². The number of unbranched alkanes of at least 4 members (excludes halogenated alkanes) is 14. The molecule has 0 bridgehead atoms. The van der Waals surface area contributed by atoms with E-state index in [1.807, 2.05) is 0 Å². The highest BCUT2D eigenvalue weighted by Crippen LogP contribution is 2.12. The molecule has 152 valence electrons. The van der Waals surface area contributed by atoms with Gasteiger partial charge in [0.25, 0.3) is 0 Å². The Morgan fingerprint density at radius 1 is 0.577 bits per heavy atom. The highest BCUT2D eigenvalue weighted by Gasteiger charge is 1.94. The van der Waals surface area contributed by atoms with Crippen molar-refractivity contribution in [1.82, 2.24) is 0 Å². The topological polar surface area (TPSA) is 37.3 Å². The maximum atomic E-state index is 10.4. The van der Waals surface area contributed by atoms with E-state index in [2.05, 4.69) is 31.2 Å². The van der Waals surface area contributed by atoms with Crippen LogP contribution < -0.4 is 0 Å². The molecule has 0 heterocycles. The molecule has 0 saturated carbocycles. The molecule has 0 spiro atoms. The molecule has 0 atom stereocenters. The largest absolute Gasteiger partial charge is 0.481 e. The van der Waals surface area contributed by atoms with Gasteiger partial charge in [-0.25, -0.2) is 0 Å². The Hall–Kier alpha value is -1.05. The summed E-state index contributed by atoms with van der Waals surface area (Å²) in [5.74, 6) is -0.687. The number of rotatable bonds is 20. The Kier molecular flexibility index (Phi) is 21.1. The van der Waals surface area contributed by atoms with Crippen LogP contribution in [0.5, 0.6) is 0 Å². The Labute approximate surface area is 163 Å². The van der Waals surface area contributed by atoms with Gasteiger partial charge in [-0.15, -0.1) is 0 Å². The van der Waals surface area contributed by atoms with E-state index in [0.29, 0.717) is 6.42 Å². The minimum atomic E-state index is -0.687. The minimum absolute atomic E-state index is 0.292. The molecule has 0 aromatic rings. The number of allylic oxidation sites excluding steroid dienone is 4. The van der Waals surface area contributed by atoms with Gasteiger partial charge in [0, 0.05) is 6.42 Å². The van der Waals surface area contributed by atoms with Crippen molar-refractivity contribution in [1.29, 1.82) is 0 Å². The van der Waals surface area contributed by atoms with Gasteiger partial charge in [-0.05, 0) is 51.4 Å². The SMILES string of the molecule is CCCCC/C=C\CCCCCCCCCCC/C=C\CCCC(=O)O. The van der Waals surface area contributed by atoms with E-state index in [9.17, 15) is 4.79 Å². The smallest absolute Gasteiger partial charge is 0.303 e. The zero-order valence-corrected chi connectivity index (χ0v) is 17.4. The highest BCUT2D eigenvalue weighted by molar-refractivity contribution is 5.66. The quantitative estimate of drug-likeness (QED) is 0.174. The number of hydrogen-bond donors (Lipinski definition) is 1. The zero-order chi connectivity index (χ0) is 19.1. The average molecular weight is 365 g/mol. The zero-order valence-electron chi connectivity index (χ0n) is 17.4. The molecular weight excluding hydrogens is 320 g/mol. The number of carboxylic acid groups (broad SMARTS) is 1. The standard InChI is InChI=1S/C24H44O2/c1-2-3-4-5-6-7-8-9-10-11-12-13-14-15-16-17-18-19-20-21-22-23-24(25)26/h6-7,19-20H,2-5,8-18,21-23H2,1H3,(H,25,26)/b7-6-,20-19-. The summed E-state index contributed by atoms with van der Waals surface area (Å²) in [6.07, 6.45) is 31.2. The molecule has 0 rings (SSSR count). The summed E-state index contributed by atoms with van der Waals surface area (Å²) < 4.78 is 0. The molecule has 0 aliphatic heterocycles. The lowest BCUT2D eigenvalue weighted by atomic mass is 10.1. The maximum absolute atomic E-state index is 10.4. The van der Waals surface area contributed by atoms with Gasteiger partial charge >= 0.3 is 5.97 Å². The van der Waals surface area contributed by atoms with Gasteiger partial charge < -0.3 is 5.11 Å². The molecule has 0 aliphatic rings. The first-order valence-electron chi connectivity index (χ1n) is 11.3. The Morgan fingerprint density at radius 3 is 1.31 bits per heavy atom. The Balaban J connectivity index is 3.11. The van der Waals surface area contributed by atoms with Crippen LogP contribution >= 0.6 is 0 Å². The lowest BCUT2D eigenvalue weighted by Crippen LogP contribution is -1.92. The van der Waals surface area contributed by atoms with Gasteiger partial charge in [-0.2, -0.15) is 0 Å². The van der Waals surface area contributed by atoms with E-state index in [4.69, 9.17) is 5.11 Å². The van der Waals surface area contributed by atoms with Gasteiger partial charge in [-0.3, -0.25) is 4.79 Å². The predicted molar refractivity (Wildman–Crippen MR) is 115 cm³/mol.